The van der Waals surface area contributed by atoms with Crippen LogP contribution in [-0.4, -0.2) is 43.0 Å². The quantitative estimate of drug-likeness (QED) is 0.788. The van der Waals surface area contributed by atoms with Crippen molar-refractivity contribution in [3.63, 3.8) is 0 Å². The normalized spacial score (nSPS) is 18.9. The monoisotopic (exact) mass is 269 g/mol. The Hall–Kier alpha value is -1.33. The van der Waals surface area contributed by atoms with E-state index in [1.165, 1.54) is 6.07 Å². The van der Waals surface area contributed by atoms with Gasteiger partial charge in [-0.3, -0.25) is 9.69 Å². The molecule has 0 N–H and O–H groups in total. The SMILES string of the molecule is CC(C(=O)c1ccc(F)c(F)c1)N1CCCOCC1. The highest BCUT2D eigenvalue weighted by Gasteiger charge is 2.23. The van der Waals surface area contributed by atoms with E-state index >= 15 is 0 Å². The molecule has 1 unspecified atom stereocenters. The highest BCUT2D eigenvalue weighted by Crippen LogP contribution is 2.14. The minimum absolute atomic E-state index is 0.194. The van der Waals surface area contributed by atoms with E-state index in [4.69, 9.17) is 4.74 Å². The zero-order valence-corrected chi connectivity index (χ0v) is 10.9. The maximum absolute atomic E-state index is 13.1. The summed E-state index contributed by atoms with van der Waals surface area (Å²) in [5, 5.41) is 0. The third kappa shape index (κ3) is 3.36. The minimum atomic E-state index is -0.989. The molecule has 0 spiro atoms. The van der Waals surface area contributed by atoms with Crippen molar-refractivity contribution in [3.8, 4) is 0 Å². The highest BCUT2D eigenvalue weighted by atomic mass is 19.2. The molecule has 19 heavy (non-hydrogen) atoms. The third-order valence-corrected chi connectivity index (χ3v) is 3.39. The zero-order valence-electron chi connectivity index (χ0n) is 10.9. The number of Topliss-reactive ketones (excluding diaryl/α,β-unsaturated/α-hetero) is 1. The molecule has 1 aliphatic heterocycles. The molecule has 104 valence electrons. The summed E-state index contributed by atoms with van der Waals surface area (Å²) in [4.78, 5) is 14.3. The van der Waals surface area contributed by atoms with Crippen molar-refractivity contribution in [1.82, 2.24) is 4.90 Å². The Labute approximate surface area is 111 Å². The Morgan fingerprint density at radius 3 is 2.79 bits per heavy atom. The molecule has 0 aliphatic carbocycles. The molecular weight excluding hydrogens is 252 g/mol. The molecule has 3 nitrogen and oxygen atoms in total. The second kappa shape index (κ2) is 6.21. The van der Waals surface area contributed by atoms with Crippen LogP contribution >= 0.6 is 0 Å². The van der Waals surface area contributed by atoms with E-state index in [-0.39, 0.29) is 17.4 Å². The molecule has 0 amide bonds. The first kappa shape index (κ1) is 14.1. The molecular formula is C14H17F2NO2. The Bertz CT molecular complexity index is 457. The molecule has 1 saturated heterocycles. The Morgan fingerprint density at radius 2 is 2.05 bits per heavy atom. The molecule has 0 saturated carbocycles. The van der Waals surface area contributed by atoms with Crippen molar-refractivity contribution < 1.29 is 18.3 Å². The summed E-state index contributed by atoms with van der Waals surface area (Å²) < 4.78 is 31.3. The number of hydrogen-bond acceptors (Lipinski definition) is 3. The number of carbonyl (C=O) groups is 1. The van der Waals surface area contributed by atoms with Gasteiger partial charge in [-0.05, 0) is 31.5 Å². The van der Waals surface area contributed by atoms with E-state index in [2.05, 4.69) is 0 Å². The molecule has 0 aromatic heterocycles. The van der Waals surface area contributed by atoms with Gasteiger partial charge in [0.25, 0.3) is 0 Å². The first-order valence-corrected chi connectivity index (χ1v) is 6.40. The van der Waals surface area contributed by atoms with Gasteiger partial charge < -0.3 is 4.74 Å². The fraction of sp³-hybridized carbons (Fsp3) is 0.500. The summed E-state index contributed by atoms with van der Waals surface area (Å²) in [6.45, 7) is 4.53. The number of ketones is 1. The minimum Gasteiger partial charge on any atom is -0.380 e. The molecule has 1 aromatic carbocycles. The van der Waals surface area contributed by atoms with Crippen LogP contribution in [0.4, 0.5) is 8.78 Å². The van der Waals surface area contributed by atoms with Gasteiger partial charge in [-0.1, -0.05) is 0 Å². The second-order valence-corrected chi connectivity index (χ2v) is 4.67. The number of carbonyl (C=O) groups excluding carboxylic acids is 1. The van der Waals surface area contributed by atoms with Gasteiger partial charge in [0.2, 0.25) is 0 Å². The fourth-order valence-electron chi connectivity index (χ4n) is 2.21. The number of halogens is 2. The van der Waals surface area contributed by atoms with E-state index in [1.807, 2.05) is 4.90 Å². The molecule has 0 bridgehead atoms. The van der Waals surface area contributed by atoms with Gasteiger partial charge >= 0.3 is 0 Å². The van der Waals surface area contributed by atoms with Crippen LogP contribution in [0.5, 0.6) is 0 Å². The van der Waals surface area contributed by atoms with Crippen molar-refractivity contribution in [3.05, 3.63) is 35.4 Å². The number of hydrogen-bond donors (Lipinski definition) is 0. The molecule has 2 rings (SSSR count). The van der Waals surface area contributed by atoms with Crippen molar-refractivity contribution in [1.29, 1.82) is 0 Å². The van der Waals surface area contributed by atoms with Gasteiger partial charge in [0, 0.05) is 25.3 Å². The lowest BCUT2D eigenvalue weighted by atomic mass is 10.0. The van der Waals surface area contributed by atoms with Gasteiger partial charge in [0.1, 0.15) is 0 Å². The van der Waals surface area contributed by atoms with Crippen LogP contribution in [0.15, 0.2) is 18.2 Å². The summed E-state index contributed by atoms with van der Waals surface area (Å²) in [6, 6.07) is 2.92. The van der Waals surface area contributed by atoms with Crippen molar-refractivity contribution >= 4 is 5.78 Å². The van der Waals surface area contributed by atoms with Gasteiger partial charge in [0.05, 0.1) is 12.6 Å². The van der Waals surface area contributed by atoms with E-state index in [9.17, 15) is 13.6 Å². The summed E-state index contributed by atoms with van der Waals surface area (Å²) >= 11 is 0. The van der Waals surface area contributed by atoms with Crippen molar-refractivity contribution in [2.24, 2.45) is 0 Å². The van der Waals surface area contributed by atoms with E-state index in [1.54, 1.807) is 6.92 Å². The van der Waals surface area contributed by atoms with Crippen LogP contribution in [-0.2, 0) is 4.74 Å². The number of nitrogens with zero attached hydrogens (tertiary/aromatic N) is 1. The highest BCUT2D eigenvalue weighted by molar-refractivity contribution is 5.99. The van der Waals surface area contributed by atoms with Crippen LogP contribution < -0.4 is 0 Å². The molecule has 1 aromatic rings. The zero-order chi connectivity index (χ0) is 13.8. The maximum Gasteiger partial charge on any atom is 0.179 e. The number of rotatable bonds is 3. The third-order valence-electron chi connectivity index (χ3n) is 3.39. The first-order valence-electron chi connectivity index (χ1n) is 6.40. The van der Waals surface area contributed by atoms with Crippen molar-refractivity contribution in [2.45, 2.75) is 19.4 Å². The molecule has 5 heteroatoms. The van der Waals surface area contributed by atoms with Gasteiger partial charge in [-0.15, -0.1) is 0 Å². The summed E-state index contributed by atoms with van der Waals surface area (Å²) in [7, 11) is 0. The Balaban J connectivity index is 2.10. The number of benzene rings is 1. The fourth-order valence-corrected chi connectivity index (χ4v) is 2.21. The van der Waals surface area contributed by atoms with E-state index in [0.717, 1.165) is 25.1 Å². The largest absolute Gasteiger partial charge is 0.380 e. The first-order chi connectivity index (χ1) is 9.09. The van der Waals surface area contributed by atoms with Gasteiger partial charge in [-0.2, -0.15) is 0 Å². The summed E-state index contributed by atoms with van der Waals surface area (Å²) in [6.07, 6.45) is 0.870. The summed E-state index contributed by atoms with van der Waals surface area (Å²) in [5.41, 5.74) is 0.205. The van der Waals surface area contributed by atoms with Crippen molar-refractivity contribution in [2.75, 3.05) is 26.3 Å². The van der Waals surface area contributed by atoms with Crippen LogP contribution in [0.2, 0.25) is 0 Å². The predicted molar refractivity (Wildman–Crippen MR) is 67.2 cm³/mol. The smallest absolute Gasteiger partial charge is 0.179 e. The predicted octanol–water partition coefficient (Wildman–Crippen LogP) is 2.26. The average Bonchev–Trinajstić information content (AvgIpc) is 2.69. The second-order valence-electron chi connectivity index (χ2n) is 4.67. The molecule has 1 atom stereocenters. The van der Waals surface area contributed by atoms with Crippen LogP contribution in [0, 0.1) is 11.6 Å². The molecule has 1 aliphatic rings. The lowest BCUT2D eigenvalue weighted by Crippen LogP contribution is -2.40. The summed E-state index contributed by atoms with van der Waals surface area (Å²) in [5.74, 6) is -2.12. The van der Waals surface area contributed by atoms with E-state index < -0.39 is 11.6 Å². The van der Waals surface area contributed by atoms with E-state index in [0.29, 0.717) is 19.8 Å². The number of ether oxygens (including phenoxy) is 1. The standard InChI is InChI=1S/C14H17F2NO2/c1-10(17-5-2-7-19-8-6-17)14(18)11-3-4-12(15)13(16)9-11/h3-4,9-10H,2,5-8H2,1H3. The van der Waals surface area contributed by atoms with Gasteiger partial charge in [-0.25, -0.2) is 8.78 Å². The molecule has 1 heterocycles. The lowest BCUT2D eigenvalue weighted by Gasteiger charge is -2.25. The average molecular weight is 269 g/mol. The topological polar surface area (TPSA) is 29.5 Å². The lowest BCUT2D eigenvalue weighted by molar-refractivity contribution is 0.0824. The Kier molecular flexibility index (Phi) is 4.61. The molecule has 0 radical (unpaired) electrons. The van der Waals surface area contributed by atoms with Gasteiger partial charge in [0.15, 0.2) is 17.4 Å². The maximum atomic E-state index is 13.1. The van der Waals surface area contributed by atoms with Crippen LogP contribution in [0.1, 0.15) is 23.7 Å². The Morgan fingerprint density at radius 1 is 1.26 bits per heavy atom. The molecule has 1 fully saturated rings. The van der Waals surface area contributed by atoms with Crippen LogP contribution in [0.3, 0.4) is 0 Å². The van der Waals surface area contributed by atoms with Crippen LogP contribution in [0.25, 0.3) is 0 Å².